The van der Waals surface area contributed by atoms with E-state index in [4.69, 9.17) is 8.83 Å². The van der Waals surface area contributed by atoms with E-state index in [1.165, 1.54) is 18.8 Å². The van der Waals surface area contributed by atoms with Gasteiger partial charge in [-0.15, -0.1) is 0 Å². The van der Waals surface area contributed by atoms with Gasteiger partial charge in [0.25, 0.3) is 11.8 Å². The fraction of sp³-hybridized carbons (Fsp3) is 0. The molecule has 0 aliphatic carbocycles. The fourth-order valence-corrected chi connectivity index (χ4v) is 1.87. The Balaban J connectivity index is 1.70. The summed E-state index contributed by atoms with van der Waals surface area (Å²) in [4.78, 5) is 23.8. The van der Waals surface area contributed by atoms with Crippen molar-refractivity contribution in [3.63, 3.8) is 0 Å². The number of benzene rings is 1. The van der Waals surface area contributed by atoms with Crippen molar-refractivity contribution in [1.29, 1.82) is 0 Å². The lowest BCUT2D eigenvalue weighted by atomic mass is 10.2. The molecule has 0 unspecified atom stereocenters. The van der Waals surface area contributed by atoms with Crippen molar-refractivity contribution in [3.8, 4) is 0 Å². The van der Waals surface area contributed by atoms with E-state index in [0.717, 1.165) is 0 Å². The van der Waals surface area contributed by atoms with Crippen molar-refractivity contribution in [2.45, 2.75) is 0 Å². The molecule has 0 spiro atoms. The van der Waals surface area contributed by atoms with E-state index in [-0.39, 0.29) is 17.6 Å². The number of nitrogens with one attached hydrogen (secondary N) is 2. The number of anilines is 2. The first-order chi connectivity index (χ1) is 10.7. The van der Waals surface area contributed by atoms with Crippen molar-refractivity contribution in [2.24, 2.45) is 0 Å². The van der Waals surface area contributed by atoms with Crippen LogP contribution in [0.2, 0.25) is 0 Å². The minimum Gasteiger partial charge on any atom is -0.472 e. The normalized spacial score (nSPS) is 10.2. The van der Waals surface area contributed by atoms with Crippen molar-refractivity contribution in [1.82, 2.24) is 0 Å². The number of rotatable bonds is 4. The van der Waals surface area contributed by atoms with Crippen molar-refractivity contribution in [3.05, 3.63) is 72.6 Å². The number of amides is 2. The third-order valence-corrected chi connectivity index (χ3v) is 2.91. The van der Waals surface area contributed by atoms with Crippen LogP contribution >= 0.6 is 0 Å². The first-order valence-electron chi connectivity index (χ1n) is 6.51. The van der Waals surface area contributed by atoms with Gasteiger partial charge in [0, 0.05) is 11.4 Å². The molecule has 0 radical (unpaired) electrons. The zero-order chi connectivity index (χ0) is 15.4. The Bertz CT molecular complexity index is 713. The lowest BCUT2D eigenvalue weighted by Gasteiger charge is -2.07. The number of hydrogen-bond acceptors (Lipinski definition) is 4. The highest BCUT2D eigenvalue weighted by molar-refractivity contribution is 6.05. The lowest BCUT2D eigenvalue weighted by Crippen LogP contribution is -2.13. The quantitative estimate of drug-likeness (QED) is 0.773. The monoisotopic (exact) mass is 296 g/mol. The van der Waals surface area contributed by atoms with Crippen molar-refractivity contribution < 1.29 is 18.4 Å². The minimum absolute atomic E-state index is 0.216. The molecular formula is C16H12N2O4. The van der Waals surface area contributed by atoms with Gasteiger partial charge in [0.1, 0.15) is 6.26 Å². The van der Waals surface area contributed by atoms with Crippen LogP contribution in [0.1, 0.15) is 20.9 Å². The predicted molar refractivity (Wildman–Crippen MR) is 79.8 cm³/mol. The molecule has 110 valence electrons. The third-order valence-electron chi connectivity index (χ3n) is 2.91. The third kappa shape index (κ3) is 3.06. The molecule has 2 aromatic heterocycles. The predicted octanol–water partition coefficient (Wildman–Crippen LogP) is 3.38. The Morgan fingerprint density at radius 1 is 0.864 bits per heavy atom. The number of carbonyl (C=O) groups excluding carboxylic acids is 2. The molecule has 0 fully saturated rings. The first kappa shape index (κ1) is 13.7. The molecule has 3 aromatic rings. The summed E-state index contributed by atoms with van der Waals surface area (Å²) in [5.41, 5.74) is 1.53. The molecule has 2 amide bonds. The molecule has 0 aliphatic rings. The molecule has 0 saturated heterocycles. The maximum atomic E-state index is 11.9. The molecule has 0 aliphatic heterocycles. The van der Waals surface area contributed by atoms with Gasteiger partial charge in [-0.3, -0.25) is 9.59 Å². The maximum absolute atomic E-state index is 11.9. The molecule has 6 heteroatoms. The SMILES string of the molecule is O=C(Nc1cccc(NC(=O)c2ccco2)c1)c1ccoc1. The largest absolute Gasteiger partial charge is 0.472 e. The van der Waals surface area contributed by atoms with Crippen LogP contribution in [0.3, 0.4) is 0 Å². The number of furan rings is 2. The van der Waals surface area contributed by atoms with E-state index in [0.29, 0.717) is 16.9 Å². The van der Waals surface area contributed by atoms with Crippen LogP contribution in [0, 0.1) is 0 Å². The van der Waals surface area contributed by atoms with Crippen molar-refractivity contribution in [2.75, 3.05) is 10.6 Å². The number of hydrogen-bond donors (Lipinski definition) is 2. The minimum atomic E-state index is -0.358. The summed E-state index contributed by atoms with van der Waals surface area (Å²) in [7, 11) is 0. The highest BCUT2D eigenvalue weighted by Gasteiger charge is 2.10. The van der Waals surface area contributed by atoms with Crippen LogP contribution in [-0.4, -0.2) is 11.8 Å². The van der Waals surface area contributed by atoms with Crippen LogP contribution in [-0.2, 0) is 0 Å². The van der Waals surface area contributed by atoms with Crippen LogP contribution in [0.4, 0.5) is 11.4 Å². The molecule has 6 nitrogen and oxygen atoms in total. The molecule has 3 rings (SSSR count). The molecule has 0 saturated carbocycles. The van der Waals surface area contributed by atoms with Gasteiger partial charge >= 0.3 is 0 Å². The van der Waals surface area contributed by atoms with E-state index in [9.17, 15) is 9.59 Å². The Hall–Kier alpha value is -3.28. The zero-order valence-electron chi connectivity index (χ0n) is 11.4. The topological polar surface area (TPSA) is 84.5 Å². The molecule has 0 atom stereocenters. The highest BCUT2D eigenvalue weighted by atomic mass is 16.3. The first-order valence-corrected chi connectivity index (χ1v) is 6.51. The average Bonchev–Trinajstić information content (AvgIpc) is 3.21. The van der Waals surface area contributed by atoms with E-state index in [1.807, 2.05) is 0 Å². The molecule has 22 heavy (non-hydrogen) atoms. The summed E-state index contributed by atoms with van der Waals surface area (Å²) in [5, 5.41) is 5.41. The second kappa shape index (κ2) is 6.01. The standard InChI is InChI=1S/C16H12N2O4/c19-15(11-6-8-21-10-11)17-12-3-1-4-13(9-12)18-16(20)14-5-2-7-22-14/h1-10H,(H,17,19)(H,18,20). The summed E-state index contributed by atoms with van der Waals surface area (Å²) < 4.78 is 9.88. The summed E-state index contributed by atoms with van der Waals surface area (Å²) in [6.07, 6.45) is 4.21. The van der Waals surface area contributed by atoms with Crippen LogP contribution < -0.4 is 10.6 Å². The van der Waals surface area contributed by atoms with E-state index in [2.05, 4.69) is 10.6 Å². The lowest BCUT2D eigenvalue weighted by molar-refractivity contribution is 0.0995. The second-order valence-corrected chi connectivity index (χ2v) is 4.48. The number of carbonyl (C=O) groups is 2. The summed E-state index contributed by atoms with van der Waals surface area (Å²) in [6, 6.07) is 11.6. The Morgan fingerprint density at radius 2 is 1.64 bits per heavy atom. The van der Waals surface area contributed by atoms with Gasteiger partial charge in [-0.1, -0.05) is 6.07 Å². The smallest absolute Gasteiger partial charge is 0.291 e. The van der Waals surface area contributed by atoms with Gasteiger partial charge in [-0.05, 0) is 36.4 Å². The molecule has 1 aromatic carbocycles. The summed E-state index contributed by atoms with van der Waals surface area (Å²) in [5.74, 6) is -0.431. The highest BCUT2D eigenvalue weighted by Crippen LogP contribution is 2.17. The molecular weight excluding hydrogens is 284 g/mol. The van der Waals surface area contributed by atoms with Gasteiger partial charge in [0.05, 0.1) is 18.1 Å². The Labute approximate surface area is 125 Å². The fourth-order valence-electron chi connectivity index (χ4n) is 1.87. The van der Waals surface area contributed by atoms with Gasteiger partial charge in [-0.25, -0.2) is 0 Å². The average molecular weight is 296 g/mol. The van der Waals surface area contributed by atoms with E-state index in [1.54, 1.807) is 42.5 Å². The van der Waals surface area contributed by atoms with Crippen LogP contribution in [0.15, 0.2) is 70.1 Å². The van der Waals surface area contributed by atoms with Crippen LogP contribution in [0.25, 0.3) is 0 Å². The molecule has 2 N–H and O–H groups in total. The maximum Gasteiger partial charge on any atom is 0.291 e. The van der Waals surface area contributed by atoms with Gasteiger partial charge in [0.2, 0.25) is 0 Å². The zero-order valence-corrected chi connectivity index (χ0v) is 11.4. The molecule has 2 heterocycles. The van der Waals surface area contributed by atoms with Gasteiger partial charge < -0.3 is 19.5 Å². The van der Waals surface area contributed by atoms with E-state index < -0.39 is 0 Å². The Kier molecular flexibility index (Phi) is 3.74. The van der Waals surface area contributed by atoms with Crippen LogP contribution in [0.5, 0.6) is 0 Å². The van der Waals surface area contributed by atoms with Crippen molar-refractivity contribution >= 4 is 23.2 Å². The summed E-state index contributed by atoms with van der Waals surface area (Å²) >= 11 is 0. The van der Waals surface area contributed by atoms with Gasteiger partial charge in [-0.2, -0.15) is 0 Å². The Morgan fingerprint density at radius 3 is 2.27 bits per heavy atom. The van der Waals surface area contributed by atoms with Gasteiger partial charge in [0.15, 0.2) is 5.76 Å². The second-order valence-electron chi connectivity index (χ2n) is 4.48. The summed E-state index contributed by atoms with van der Waals surface area (Å²) in [6.45, 7) is 0. The molecule has 0 bridgehead atoms. The van der Waals surface area contributed by atoms with E-state index >= 15 is 0 Å².